The Labute approximate surface area is 89.8 Å². The second kappa shape index (κ2) is 5.14. The highest BCUT2D eigenvalue weighted by Crippen LogP contribution is 2.18. The zero-order valence-corrected chi connectivity index (χ0v) is 9.27. The van der Waals surface area contributed by atoms with Crippen LogP contribution in [0.15, 0.2) is 0 Å². The van der Waals surface area contributed by atoms with Gasteiger partial charge < -0.3 is 16.0 Å². The van der Waals surface area contributed by atoms with E-state index >= 15 is 0 Å². The molecule has 0 radical (unpaired) electrons. The molecule has 1 fully saturated rings. The number of nitrogens with two attached hydrogens (primary N) is 1. The van der Waals surface area contributed by atoms with Gasteiger partial charge in [-0.2, -0.15) is 0 Å². The first-order chi connectivity index (χ1) is 6.63. The summed E-state index contributed by atoms with van der Waals surface area (Å²) in [5.74, 6) is 0. The Bertz CT molecular complexity index is 228. The van der Waals surface area contributed by atoms with Gasteiger partial charge in [-0.05, 0) is 26.2 Å². The summed E-state index contributed by atoms with van der Waals surface area (Å²) in [5.41, 5.74) is 5.39. The first-order valence-electron chi connectivity index (χ1n) is 4.97. The van der Waals surface area contributed by atoms with Crippen LogP contribution in [-0.4, -0.2) is 35.1 Å². The van der Waals surface area contributed by atoms with Crippen LogP contribution in [0.1, 0.15) is 26.2 Å². The number of rotatable bonds is 4. The fourth-order valence-corrected chi connectivity index (χ4v) is 1.49. The molecule has 0 aromatic carbocycles. The fraction of sp³-hybridized carbons (Fsp3) is 0.778. The molecule has 2 amide bonds. The van der Waals surface area contributed by atoms with Crippen LogP contribution < -0.4 is 11.1 Å². The van der Waals surface area contributed by atoms with E-state index in [0.717, 1.165) is 12.8 Å². The standard InChI is InChI=1S/C9H17N3OS/c1-2-12(6-8(10)14)9(13)11-7-4-3-5-7/h7H,2-6H2,1H3,(H2,10,14)(H,11,13). The quantitative estimate of drug-likeness (QED) is 0.684. The monoisotopic (exact) mass is 215 g/mol. The highest BCUT2D eigenvalue weighted by Gasteiger charge is 2.21. The van der Waals surface area contributed by atoms with Crippen LogP contribution in [0.2, 0.25) is 0 Å². The van der Waals surface area contributed by atoms with Crippen molar-refractivity contribution in [1.29, 1.82) is 0 Å². The molecule has 0 atom stereocenters. The van der Waals surface area contributed by atoms with Crippen molar-refractivity contribution in [2.75, 3.05) is 13.1 Å². The number of hydrogen-bond acceptors (Lipinski definition) is 2. The molecule has 0 aromatic heterocycles. The summed E-state index contributed by atoms with van der Waals surface area (Å²) in [6, 6.07) is 0.313. The first-order valence-corrected chi connectivity index (χ1v) is 5.38. The molecule has 0 aromatic rings. The average molecular weight is 215 g/mol. The van der Waals surface area contributed by atoms with Crippen LogP contribution in [-0.2, 0) is 0 Å². The zero-order chi connectivity index (χ0) is 10.6. The van der Waals surface area contributed by atoms with Crippen molar-refractivity contribution >= 4 is 23.2 Å². The van der Waals surface area contributed by atoms with Gasteiger partial charge in [-0.3, -0.25) is 0 Å². The largest absolute Gasteiger partial charge is 0.392 e. The maximum Gasteiger partial charge on any atom is 0.317 e. The number of nitrogens with zero attached hydrogens (tertiary/aromatic N) is 1. The van der Waals surface area contributed by atoms with Crippen LogP contribution in [0.3, 0.4) is 0 Å². The lowest BCUT2D eigenvalue weighted by atomic mass is 9.93. The Hall–Kier alpha value is -0.840. The maximum absolute atomic E-state index is 11.6. The summed E-state index contributed by atoms with van der Waals surface area (Å²) >= 11 is 4.77. The predicted octanol–water partition coefficient (Wildman–Crippen LogP) is 0.857. The minimum atomic E-state index is -0.0509. The van der Waals surface area contributed by atoms with Crippen LogP contribution in [0, 0.1) is 0 Å². The highest BCUT2D eigenvalue weighted by molar-refractivity contribution is 7.80. The number of carbonyl (C=O) groups excluding carboxylic acids is 1. The third-order valence-electron chi connectivity index (χ3n) is 2.45. The molecule has 0 bridgehead atoms. The molecule has 0 spiro atoms. The zero-order valence-electron chi connectivity index (χ0n) is 8.45. The van der Waals surface area contributed by atoms with Crippen molar-refractivity contribution in [2.24, 2.45) is 5.73 Å². The van der Waals surface area contributed by atoms with Crippen molar-refractivity contribution < 1.29 is 4.79 Å². The van der Waals surface area contributed by atoms with E-state index in [-0.39, 0.29) is 6.03 Å². The van der Waals surface area contributed by atoms with E-state index in [1.54, 1.807) is 4.90 Å². The summed E-state index contributed by atoms with van der Waals surface area (Å²) in [5, 5.41) is 2.94. The Morgan fingerprint density at radius 3 is 2.64 bits per heavy atom. The molecule has 3 N–H and O–H groups in total. The second-order valence-corrected chi connectivity index (χ2v) is 4.08. The number of carbonyl (C=O) groups is 1. The van der Waals surface area contributed by atoms with Crippen LogP contribution in [0.25, 0.3) is 0 Å². The maximum atomic E-state index is 11.6. The lowest BCUT2D eigenvalue weighted by molar-refractivity contribution is 0.195. The van der Waals surface area contributed by atoms with E-state index in [2.05, 4.69) is 5.32 Å². The normalized spacial score (nSPS) is 15.8. The predicted molar refractivity (Wildman–Crippen MR) is 60.2 cm³/mol. The van der Waals surface area contributed by atoms with Gasteiger partial charge in [0.25, 0.3) is 0 Å². The number of amides is 2. The Morgan fingerprint density at radius 2 is 2.29 bits per heavy atom. The van der Waals surface area contributed by atoms with Gasteiger partial charge in [0.2, 0.25) is 0 Å². The second-order valence-electron chi connectivity index (χ2n) is 3.56. The van der Waals surface area contributed by atoms with Gasteiger partial charge in [-0.1, -0.05) is 12.2 Å². The molecule has 0 aliphatic heterocycles. The van der Waals surface area contributed by atoms with Crippen molar-refractivity contribution in [3.63, 3.8) is 0 Å². The van der Waals surface area contributed by atoms with Crippen molar-refractivity contribution in [3.8, 4) is 0 Å². The van der Waals surface area contributed by atoms with E-state index in [1.165, 1.54) is 6.42 Å². The SMILES string of the molecule is CCN(CC(N)=S)C(=O)NC1CCC1. The molecule has 14 heavy (non-hydrogen) atoms. The highest BCUT2D eigenvalue weighted by atomic mass is 32.1. The molecule has 80 valence electrons. The van der Waals surface area contributed by atoms with Crippen LogP contribution >= 0.6 is 12.2 Å². The molecule has 1 rings (SSSR count). The number of thiocarbonyl (C=S) groups is 1. The first kappa shape index (κ1) is 11.2. The van der Waals surface area contributed by atoms with Gasteiger partial charge in [0.15, 0.2) is 0 Å². The van der Waals surface area contributed by atoms with E-state index in [9.17, 15) is 4.79 Å². The Kier molecular flexibility index (Phi) is 4.13. The van der Waals surface area contributed by atoms with Crippen molar-refractivity contribution in [2.45, 2.75) is 32.2 Å². The summed E-state index contributed by atoms with van der Waals surface area (Å²) in [7, 11) is 0. The number of likely N-dealkylation sites (N-methyl/N-ethyl adjacent to an activating group) is 1. The lowest BCUT2D eigenvalue weighted by Gasteiger charge is -2.30. The molecule has 5 heteroatoms. The van der Waals surface area contributed by atoms with E-state index in [0.29, 0.717) is 24.1 Å². The van der Waals surface area contributed by atoms with Crippen molar-refractivity contribution in [3.05, 3.63) is 0 Å². The molecule has 0 heterocycles. The topological polar surface area (TPSA) is 58.4 Å². The van der Waals surface area contributed by atoms with E-state index in [1.807, 2.05) is 6.92 Å². The van der Waals surface area contributed by atoms with Gasteiger partial charge in [0.05, 0.1) is 11.5 Å². The minimum Gasteiger partial charge on any atom is -0.392 e. The minimum absolute atomic E-state index is 0.0509. The molecule has 1 aliphatic carbocycles. The lowest BCUT2D eigenvalue weighted by Crippen LogP contribution is -2.49. The van der Waals surface area contributed by atoms with Gasteiger partial charge in [-0.15, -0.1) is 0 Å². The van der Waals surface area contributed by atoms with Gasteiger partial charge in [-0.25, -0.2) is 4.79 Å². The van der Waals surface area contributed by atoms with Crippen LogP contribution in [0.5, 0.6) is 0 Å². The third kappa shape index (κ3) is 3.14. The molecule has 0 unspecified atom stereocenters. The van der Waals surface area contributed by atoms with Crippen LogP contribution in [0.4, 0.5) is 4.79 Å². The summed E-state index contributed by atoms with van der Waals surface area (Å²) < 4.78 is 0. The fourth-order valence-electron chi connectivity index (χ4n) is 1.33. The van der Waals surface area contributed by atoms with Gasteiger partial charge in [0.1, 0.15) is 0 Å². The smallest absolute Gasteiger partial charge is 0.317 e. The number of nitrogens with one attached hydrogen (secondary N) is 1. The van der Waals surface area contributed by atoms with Crippen molar-refractivity contribution in [1.82, 2.24) is 10.2 Å². The van der Waals surface area contributed by atoms with Gasteiger partial charge in [0, 0.05) is 12.6 Å². The summed E-state index contributed by atoms with van der Waals surface area (Å²) in [6.45, 7) is 2.92. The van der Waals surface area contributed by atoms with E-state index in [4.69, 9.17) is 18.0 Å². The van der Waals surface area contributed by atoms with Gasteiger partial charge >= 0.3 is 6.03 Å². The third-order valence-corrected chi connectivity index (χ3v) is 2.58. The number of urea groups is 1. The molecule has 4 nitrogen and oxygen atoms in total. The average Bonchev–Trinajstić information content (AvgIpc) is 2.06. The molecular weight excluding hydrogens is 198 g/mol. The Balaban J connectivity index is 2.34. The summed E-state index contributed by atoms with van der Waals surface area (Å²) in [4.78, 5) is 13.6. The molecule has 0 saturated heterocycles. The summed E-state index contributed by atoms with van der Waals surface area (Å²) in [6.07, 6.45) is 3.40. The molecule has 1 saturated carbocycles. The van der Waals surface area contributed by atoms with E-state index < -0.39 is 0 Å². The Morgan fingerprint density at radius 1 is 1.64 bits per heavy atom. The molecular formula is C9H17N3OS. The molecule has 1 aliphatic rings. The number of hydrogen-bond donors (Lipinski definition) is 2.